The monoisotopic (exact) mass is 279 g/mol. The van der Waals surface area contributed by atoms with Crippen molar-refractivity contribution >= 4 is 5.91 Å². The van der Waals surface area contributed by atoms with Gasteiger partial charge in [0.2, 0.25) is 5.91 Å². The first-order valence-corrected chi connectivity index (χ1v) is 6.97. The van der Waals surface area contributed by atoms with E-state index in [2.05, 4.69) is 13.8 Å². The minimum Gasteiger partial charge on any atom is -0.494 e. The zero-order chi connectivity index (χ0) is 15.0. The fourth-order valence-corrected chi connectivity index (χ4v) is 1.90. The Morgan fingerprint density at radius 3 is 2.45 bits per heavy atom. The Morgan fingerprint density at radius 2 is 1.95 bits per heavy atom. The molecule has 1 rings (SSSR count). The summed E-state index contributed by atoms with van der Waals surface area (Å²) < 4.78 is 5.66. The summed E-state index contributed by atoms with van der Waals surface area (Å²) >= 11 is 0. The molecule has 0 fully saturated rings. The van der Waals surface area contributed by atoms with Gasteiger partial charge in [0.25, 0.3) is 0 Å². The first-order chi connectivity index (χ1) is 9.52. The van der Waals surface area contributed by atoms with Crippen LogP contribution < -0.4 is 16.2 Å². The van der Waals surface area contributed by atoms with Gasteiger partial charge in [-0.3, -0.25) is 9.69 Å². The Kier molecular flexibility index (Phi) is 7.04. The lowest BCUT2D eigenvalue weighted by Gasteiger charge is -2.24. The molecule has 0 radical (unpaired) electrons. The third kappa shape index (κ3) is 6.04. The summed E-state index contributed by atoms with van der Waals surface area (Å²) in [5.74, 6) is 0.546. The van der Waals surface area contributed by atoms with Crippen LogP contribution in [0.1, 0.15) is 25.8 Å². The standard InChI is InChI=1S/C15H25N3O2/c1-12(2)18(11-15(17)19)8-3-9-20-14-6-4-13(10-16)5-7-14/h4-7,12H,3,8-11,16H2,1-2H3,(H2,17,19). The van der Waals surface area contributed by atoms with Crippen molar-refractivity contribution in [3.63, 3.8) is 0 Å². The molecule has 0 unspecified atom stereocenters. The maximum atomic E-state index is 11.0. The average molecular weight is 279 g/mol. The number of hydrogen-bond acceptors (Lipinski definition) is 4. The predicted octanol–water partition coefficient (Wildman–Crippen LogP) is 1.11. The number of benzene rings is 1. The van der Waals surface area contributed by atoms with Crippen LogP contribution in [0.4, 0.5) is 0 Å². The van der Waals surface area contributed by atoms with E-state index in [1.165, 1.54) is 0 Å². The van der Waals surface area contributed by atoms with E-state index in [0.717, 1.165) is 24.3 Å². The number of primary amides is 1. The average Bonchev–Trinajstić information content (AvgIpc) is 2.42. The Hall–Kier alpha value is -1.59. The minimum atomic E-state index is -0.294. The Bertz CT molecular complexity index is 404. The van der Waals surface area contributed by atoms with Gasteiger partial charge in [-0.25, -0.2) is 0 Å². The SMILES string of the molecule is CC(C)N(CCCOc1ccc(CN)cc1)CC(N)=O. The minimum absolute atomic E-state index is 0.294. The molecule has 0 atom stereocenters. The van der Waals surface area contributed by atoms with Gasteiger partial charge in [0.1, 0.15) is 5.75 Å². The summed E-state index contributed by atoms with van der Waals surface area (Å²) in [6.07, 6.45) is 0.851. The van der Waals surface area contributed by atoms with E-state index in [1.807, 2.05) is 29.2 Å². The molecule has 0 aromatic heterocycles. The van der Waals surface area contributed by atoms with E-state index in [-0.39, 0.29) is 5.91 Å². The van der Waals surface area contributed by atoms with Crippen LogP contribution in [0.15, 0.2) is 24.3 Å². The van der Waals surface area contributed by atoms with Crippen LogP contribution >= 0.6 is 0 Å². The van der Waals surface area contributed by atoms with Crippen molar-refractivity contribution in [1.29, 1.82) is 0 Å². The quantitative estimate of drug-likeness (QED) is 0.663. The highest BCUT2D eigenvalue weighted by Crippen LogP contribution is 2.12. The maximum Gasteiger partial charge on any atom is 0.231 e. The highest BCUT2D eigenvalue weighted by molar-refractivity contribution is 5.75. The van der Waals surface area contributed by atoms with Crippen LogP contribution in [0.3, 0.4) is 0 Å². The van der Waals surface area contributed by atoms with Crippen LogP contribution in [-0.2, 0) is 11.3 Å². The Balaban J connectivity index is 2.30. The molecule has 112 valence electrons. The van der Waals surface area contributed by atoms with Crippen molar-refractivity contribution in [3.05, 3.63) is 29.8 Å². The van der Waals surface area contributed by atoms with E-state index in [1.54, 1.807) is 0 Å². The highest BCUT2D eigenvalue weighted by Gasteiger charge is 2.11. The van der Waals surface area contributed by atoms with Crippen LogP contribution in [0.2, 0.25) is 0 Å². The van der Waals surface area contributed by atoms with Crippen molar-refractivity contribution < 1.29 is 9.53 Å². The number of carbonyl (C=O) groups excluding carboxylic acids is 1. The normalized spacial score (nSPS) is 11.1. The molecule has 1 aromatic rings. The zero-order valence-corrected chi connectivity index (χ0v) is 12.3. The topological polar surface area (TPSA) is 81.6 Å². The summed E-state index contributed by atoms with van der Waals surface area (Å²) in [7, 11) is 0. The number of nitrogens with zero attached hydrogens (tertiary/aromatic N) is 1. The van der Waals surface area contributed by atoms with Gasteiger partial charge in [0.15, 0.2) is 0 Å². The smallest absolute Gasteiger partial charge is 0.231 e. The molecule has 0 heterocycles. The molecular weight excluding hydrogens is 254 g/mol. The lowest BCUT2D eigenvalue weighted by Crippen LogP contribution is -2.39. The van der Waals surface area contributed by atoms with Gasteiger partial charge in [-0.1, -0.05) is 12.1 Å². The Morgan fingerprint density at radius 1 is 1.30 bits per heavy atom. The van der Waals surface area contributed by atoms with Gasteiger partial charge in [-0.2, -0.15) is 0 Å². The first-order valence-electron chi connectivity index (χ1n) is 6.97. The molecule has 5 nitrogen and oxygen atoms in total. The lowest BCUT2D eigenvalue weighted by atomic mass is 10.2. The van der Waals surface area contributed by atoms with Crippen LogP contribution in [0.5, 0.6) is 5.75 Å². The van der Waals surface area contributed by atoms with E-state index >= 15 is 0 Å². The molecule has 0 aliphatic heterocycles. The van der Waals surface area contributed by atoms with Crippen molar-refractivity contribution in [2.45, 2.75) is 32.9 Å². The predicted molar refractivity (Wildman–Crippen MR) is 80.3 cm³/mol. The fourth-order valence-electron chi connectivity index (χ4n) is 1.90. The molecule has 0 aliphatic rings. The number of amides is 1. The number of nitrogens with two attached hydrogens (primary N) is 2. The summed E-state index contributed by atoms with van der Waals surface area (Å²) in [5, 5.41) is 0. The van der Waals surface area contributed by atoms with Crippen molar-refractivity contribution in [2.24, 2.45) is 11.5 Å². The van der Waals surface area contributed by atoms with Gasteiger partial charge in [0, 0.05) is 19.1 Å². The van der Waals surface area contributed by atoms with E-state index in [9.17, 15) is 4.79 Å². The van der Waals surface area contributed by atoms with Gasteiger partial charge in [-0.05, 0) is 38.0 Å². The number of ether oxygens (including phenoxy) is 1. The van der Waals surface area contributed by atoms with Gasteiger partial charge in [-0.15, -0.1) is 0 Å². The first kappa shape index (κ1) is 16.5. The Labute approximate surface area is 120 Å². The second kappa shape index (κ2) is 8.55. The summed E-state index contributed by atoms with van der Waals surface area (Å²) in [6.45, 7) is 6.34. The highest BCUT2D eigenvalue weighted by atomic mass is 16.5. The fraction of sp³-hybridized carbons (Fsp3) is 0.533. The molecule has 4 N–H and O–H groups in total. The molecule has 0 bridgehead atoms. The van der Waals surface area contributed by atoms with E-state index in [0.29, 0.717) is 25.7 Å². The lowest BCUT2D eigenvalue weighted by molar-refractivity contribution is -0.119. The second-order valence-corrected chi connectivity index (χ2v) is 5.08. The number of carbonyl (C=O) groups is 1. The number of rotatable bonds is 9. The van der Waals surface area contributed by atoms with Crippen molar-refractivity contribution in [2.75, 3.05) is 19.7 Å². The maximum absolute atomic E-state index is 11.0. The molecule has 1 amide bonds. The van der Waals surface area contributed by atoms with E-state index in [4.69, 9.17) is 16.2 Å². The summed E-state index contributed by atoms with van der Waals surface area (Å²) in [6, 6.07) is 8.06. The number of hydrogen-bond donors (Lipinski definition) is 2. The molecular formula is C15H25N3O2. The zero-order valence-electron chi connectivity index (χ0n) is 12.3. The molecule has 0 saturated carbocycles. The molecule has 0 aliphatic carbocycles. The molecule has 1 aromatic carbocycles. The van der Waals surface area contributed by atoms with Crippen LogP contribution in [0.25, 0.3) is 0 Å². The second-order valence-electron chi connectivity index (χ2n) is 5.08. The molecule has 20 heavy (non-hydrogen) atoms. The molecule has 0 saturated heterocycles. The van der Waals surface area contributed by atoms with Gasteiger partial charge >= 0.3 is 0 Å². The largest absolute Gasteiger partial charge is 0.494 e. The molecule has 5 heteroatoms. The van der Waals surface area contributed by atoms with Crippen molar-refractivity contribution in [1.82, 2.24) is 4.90 Å². The van der Waals surface area contributed by atoms with Crippen LogP contribution in [0, 0.1) is 0 Å². The molecule has 0 spiro atoms. The van der Waals surface area contributed by atoms with Crippen LogP contribution in [-0.4, -0.2) is 36.5 Å². The van der Waals surface area contributed by atoms with Crippen molar-refractivity contribution in [3.8, 4) is 5.75 Å². The third-order valence-corrected chi connectivity index (χ3v) is 3.11. The van der Waals surface area contributed by atoms with Gasteiger partial charge in [0.05, 0.1) is 13.2 Å². The van der Waals surface area contributed by atoms with Gasteiger partial charge < -0.3 is 16.2 Å². The van der Waals surface area contributed by atoms with E-state index < -0.39 is 0 Å². The summed E-state index contributed by atoms with van der Waals surface area (Å²) in [4.78, 5) is 13.0. The third-order valence-electron chi connectivity index (χ3n) is 3.11. The summed E-state index contributed by atoms with van der Waals surface area (Å²) in [5.41, 5.74) is 11.9.